The molecule has 3 rings (SSSR count). The van der Waals surface area contributed by atoms with E-state index in [9.17, 15) is 14.4 Å². The number of hydrogen-bond donors (Lipinski definition) is 0. The van der Waals surface area contributed by atoms with E-state index in [1.807, 2.05) is 30.3 Å². The van der Waals surface area contributed by atoms with Crippen LogP contribution >= 0.6 is 0 Å². The minimum Gasteiger partial charge on any atom is -0.457 e. The van der Waals surface area contributed by atoms with Crippen molar-refractivity contribution in [2.24, 2.45) is 5.41 Å². The number of cyclic esters (lactones) is 1. The van der Waals surface area contributed by atoms with Gasteiger partial charge in [-0.15, -0.1) is 0 Å². The minimum atomic E-state index is -2.50. The van der Waals surface area contributed by atoms with Crippen LogP contribution < -0.4 is 0 Å². The fraction of sp³-hybridized carbons (Fsp3) is 0.621. The van der Waals surface area contributed by atoms with Gasteiger partial charge in [0, 0.05) is 0 Å². The molecule has 1 aromatic rings. The average molecular weight is 563 g/mol. The van der Waals surface area contributed by atoms with Gasteiger partial charge in [-0.3, -0.25) is 4.79 Å². The van der Waals surface area contributed by atoms with Crippen molar-refractivity contribution in [3.8, 4) is 0 Å². The fourth-order valence-electron chi connectivity index (χ4n) is 3.78. The van der Waals surface area contributed by atoms with Crippen molar-refractivity contribution in [3.63, 3.8) is 0 Å². The quantitative estimate of drug-likeness (QED) is 0.245. The predicted molar refractivity (Wildman–Crippen MR) is 146 cm³/mol. The molecular formula is C29H42O9Si. The zero-order valence-corrected chi connectivity index (χ0v) is 25.7. The summed E-state index contributed by atoms with van der Waals surface area (Å²) in [7, 11) is -2.50. The molecule has 1 fully saturated rings. The third-order valence-electron chi connectivity index (χ3n) is 7.12. The monoisotopic (exact) mass is 562 g/mol. The van der Waals surface area contributed by atoms with Gasteiger partial charge >= 0.3 is 17.9 Å². The van der Waals surface area contributed by atoms with Crippen LogP contribution in [0.2, 0.25) is 18.1 Å². The van der Waals surface area contributed by atoms with Crippen molar-refractivity contribution >= 4 is 26.2 Å². The van der Waals surface area contributed by atoms with Gasteiger partial charge in [-0.25, -0.2) is 9.59 Å². The Bertz CT molecular complexity index is 1110. The third kappa shape index (κ3) is 7.36. The summed E-state index contributed by atoms with van der Waals surface area (Å²) in [4.78, 5) is 39.6. The van der Waals surface area contributed by atoms with Crippen molar-refractivity contribution in [3.05, 3.63) is 47.2 Å². The molecule has 0 amide bonds. The molecule has 10 heteroatoms. The Hall–Kier alpha value is -2.53. The molecule has 2 aliphatic rings. The zero-order chi connectivity index (χ0) is 29.4. The van der Waals surface area contributed by atoms with E-state index in [1.54, 1.807) is 34.6 Å². The zero-order valence-electron chi connectivity index (χ0n) is 24.7. The highest BCUT2D eigenvalue weighted by Crippen LogP contribution is 2.42. The maximum atomic E-state index is 13.6. The number of rotatable bonds is 8. The van der Waals surface area contributed by atoms with Gasteiger partial charge in [0.2, 0.25) is 5.76 Å². The van der Waals surface area contributed by atoms with E-state index in [0.29, 0.717) is 0 Å². The van der Waals surface area contributed by atoms with Crippen LogP contribution in [0.25, 0.3) is 0 Å². The number of carbonyl (C=O) groups is 3. The van der Waals surface area contributed by atoms with Crippen molar-refractivity contribution < 1.29 is 42.5 Å². The molecule has 9 nitrogen and oxygen atoms in total. The largest absolute Gasteiger partial charge is 0.457 e. The van der Waals surface area contributed by atoms with E-state index in [1.165, 1.54) is 0 Å². The highest BCUT2D eigenvalue weighted by molar-refractivity contribution is 6.74. The Morgan fingerprint density at radius 3 is 2.21 bits per heavy atom. The van der Waals surface area contributed by atoms with E-state index in [4.69, 9.17) is 28.1 Å². The minimum absolute atomic E-state index is 0.0472. The molecule has 0 aliphatic carbocycles. The lowest BCUT2D eigenvalue weighted by Crippen LogP contribution is -2.53. The molecule has 2 heterocycles. The topological polar surface area (TPSA) is 107 Å². The van der Waals surface area contributed by atoms with Crippen LogP contribution in [0.15, 0.2) is 41.7 Å². The SMILES string of the molecule is CC1(C)OC[C@@H]([C@@H](O[Si](C)(C)C(C)(C)C)[C@H]2OC(=O)C(OC(=O)C(C)(C)C)=C2C(=O)OCc2ccccc2)O1. The molecule has 0 saturated carbocycles. The standard InChI is InChI=1S/C29H42O9Si/c1-27(2,3)26(32)36-23-20(24(30)33-16-18-14-12-11-13-15-18)22(35-25(23)31)21(19-17-34-29(7,8)37-19)38-39(9,10)28(4,5)6/h11-15,19,21-22H,16-17H2,1-10H3/t19-,21+,22-/m0/s1. The van der Waals surface area contributed by atoms with Gasteiger partial charge in [-0.05, 0) is 58.3 Å². The lowest BCUT2D eigenvalue weighted by molar-refractivity contribution is -0.166. The highest BCUT2D eigenvalue weighted by atomic mass is 28.4. The lowest BCUT2D eigenvalue weighted by Gasteiger charge is -2.41. The van der Waals surface area contributed by atoms with Crippen LogP contribution in [0.1, 0.15) is 61.0 Å². The summed E-state index contributed by atoms with van der Waals surface area (Å²) in [5.41, 5.74) is -0.385. The summed E-state index contributed by atoms with van der Waals surface area (Å²) in [6.07, 6.45) is -2.82. The molecule has 0 N–H and O–H groups in total. The van der Waals surface area contributed by atoms with E-state index in [2.05, 4.69) is 33.9 Å². The maximum Gasteiger partial charge on any atom is 0.375 e. The number of benzene rings is 1. The van der Waals surface area contributed by atoms with Gasteiger partial charge in [0.05, 0.1) is 12.0 Å². The second-order valence-electron chi connectivity index (χ2n) is 13.0. The smallest absolute Gasteiger partial charge is 0.375 e. The first-order valence-electron chi connectivity index (χ1n) is 13.2. The molecule has 0 aromatic heterocycles. The summed E-state index contributed by atoms with van der Waals surface area (Å²) in [5, 5.41) is -0.206. The van der Waals surface area contributed by atoms with Crippen LogP contribution in [-0.2, 0) is 49.1 Å². The molecule has 39 heavy (non-hydrogen) atoms. The number of esters is 3. The van der Waals surface area contributed by atoms with Crippen LogP contribution in [0.4, 0.5) is 0 Å². The normalized spacial score (nSPS) is 22.5. The van der Waals surface area contributed by atoms with Crippen LogP contribution in [0, 0.1) is 5.41 Å². The molecule has 0 bridgehead atoms. The molecular weight excluding hydrogens is 520 g/mol. The molecule has 2 aliphatic heterocycles. The molecule has 0 unspecified atom stereocenters. The van der Waals surface area contributed by atoms with E-state index >= 15 is 0 Å². The first kappa shape index (κ1) is 31.0. The van der Waals surface area contributed by atoms with Crippen LogP contribution in [0.3, 0.4) is 0 Å². The summed E-state index contributed by atoms with van der Waals surface area (Å²) < 4.78 is 35.6. The second kappa shape index (κ2) is 11.2. The molecule has 216 valence electrons. The summed E-state index contributed by atoms with van der Waals surface area (Å²) >= 11 is 0. The molecule has 0 radical (unpaired) electrons. The van der Waals surface area contributed by atoms with Gasteiger partial charge in [0.15, 0.2) is 20.2 Å². The number of ether oxygens (including phenoxy) is 5. The Morgan fingerprint density at radius 1 is 1.08 bits per heavy atom. The number of carbonyl (C=O) groups excluding carboxylic acids is 3. The van der Waals surface area contributed by atoms with Crippen LogP contribution in [0.5, 0.6) is 0 Å². The van der Waals surface area contributed by atoms with Crippen molar-refractivity contribution in [1.29, 1.82) is 0 Å². The van der Waals surface area contributed by atoms with Gasteiger partial charge < -0.3 is 28.1 Å². The van der Waals surface area contributed by atoms with Crippen molar-refractivity contribution in [2.45, 2.75) is 104 Å². The summed E-state index contributed by atoms with van der Waals surface area (Å²) in [6, 6.07) is 9.13. The first-order chi connectivity index (χ1) is 17.8. The first-order valence-corrected chi connectivity index (χ1v) is 16.1. The molecule has 1 saturated heterocycles. The second-order valence-corrected chi connectivity index (χ2v) is 17.7. The summed E-state index contributed by atoms with van der Waals surface area (Å²) in [6.45, 7) is 18.9. The Morgan fingerprint density at radius 2 is 1.69 bits per heavy atom. The van der Waals surface area contributed by atoms with Gasteiger partial charge in [-0.2, -0.15) is 0 Å². The van der Waals surface area contributed by atoms with Gasteiger partial charge in [-0.1, -0.05) is 51.1 Å². The van der Waals surface area contributed by atoms with Gasteiger partial charge in [0.25, 0.3) is 0 Å². The fourth-order valence-corrected chi connectivity index (χ4v) is 5.09. The van der Waals surface area contributed by atoms with E-state index in [0.717, 1.165) is 5.56 Å². The number of hydrogen-bond acceptors (Lipinski definition) is 9. The Labute approximate surface area is 232 Å². The van der Waals surface area contributed by atoms with Gasteiger partial charge in [0.1, 0.15) is 24.4 Å². The van der Waals surface area contributed by atoms with Crippen molar-refractivity contribution in [1.82, 2.24) is 0 Å². The lowest BCUT2D eigenvalue weighted by atomic mass is 9.97. The van der Waals surface area contributed by atoms with E-state index in [-0.39, 0.29) is 23.8 Å². The highest BCUT2D eigenvalue weighted by Gasteiger charge is 2.54. The van der Waals surface area contributed by atoms with Crippen molar-refractivity contribution in [2.75, 3.05) is 6.61 Å². The Kier molecular flexibility index (Phi) is 8.86. The molecule has 3 atom stereocenters. The van der Waals surface area contributed by atoms with Crippen LogP contribution in [-0.4, -0.2) is 56.9 Å². The predicted octanol–water partition coefficient (Wildman–Crippen LogP) is 5.04. The Balaban J connectivity index is 2.06. The molecule has 1 aromatic carbocycles. The third-order valence-corrected chi connectivity index (χ3v) is 11.6. The average Bonchev–Trinajstić information content (AvgIpc) is 3.34. The maximum absolute atomic E-state index is 13.6. The molecule has 0 spiro atoms. The van der Waals surface area contributed by atoms with E-state index < -0.39 is 61.5 Å². The summed E-state index contributed by atoms with van der Waals surface area (Å²) in [5.74, 6) is -3.85.